The molecule has 2 aromatic carbocycles. The Balaban J connectivity index is 1.85. The summed E-state index contributed by atoms with van der Waals surface area (Å²) in [7, 11) is 0. The molecule has 1 heterocycles. The summed E-state index contributed by atoms with van der Waals surface area (Å²) in [5, 5.41) is 0.596. The van der Waals surface area contributed by atoms with Crippen LogP contribution in [0.3, 0.4) is 0 Å². The summed E-state index contributed by atoms with van der Waals surface area (Å²) < 4.78 is 1.75. The van der Waals surface area contributed by atoms with Crippen LogP contribution in [-0.4, -0.2) is 26.9 Å². The van der Waals surface area contributed by atoms with Crippen molar-refractivity contribution in [2.45, 2.75) is 78.7 Å². The molecule has 0 spiro atoms. The minimum atomic E-state index is -0.299. The van der Waals surface area contributed by atoms with E-state index in [0.29, 0.717) is 23.3 Å². The van der Waals surface area contributed by atoms with Gasteiger partial charge in [-0.15, -0.1) is 0 Å². The highest BCUT2D eigenvalue weighted by atomic mass is 16.2. The lowest BCUT2D eigenvalue weighted by Gasteiger charge is -2.36. The Bertz CT molecular complexity index is 1230. The molecule has 1 unspecified atom stereocenters. The fourth-order valence-corrected chi connectivity index (χ4v) is 4.86. The summed E-state index contributed by atoms with van der Waals surface area (Å²) in [4.78, 5) is 34.4. The summed E-state index contributed by atoms with van der Waals surface area (Å²) in [5.41, 5.74) is 3.53. The molecule has 0 radical (unpaired) electrons. The second kappa shape index (κ2) is 10.5. The van der Waals surface area contributed by atoms with Crippen molar-refractivity contribution < 1.29 is 4.79 Å². The first-order valence-electron chi connectivity index (χ1n) is 12.8. The molecule has 1 aliphatic rings. The lowest BCUT2D eigenvalue weighted by molar-refractivity contribution is -0.140. The summed E-state index contributed by atoms with van der Waals surface area (Å²) in [5.74, 6) is 0.959. The Morgan fingerprint density at radius 3 is 2.59 bits per heavy atom. The predicted molar refractivity (Wildman–Crippen MR) is 138 cm³/mol. The van der Waals surface area contributed by atoms with Gasteiger partial charge < -0.3 is 4.90 Å². The lowest BCUT2D eigenvalue weighted by Crippen LogP contribution is -2.43. The van der Waals surface area contributed by atoms with E-state index in [1.54, 1.807) is 4.57 Å². The van der Waals surface area contributed by atoms with Gasteiger partial charge in [0.2, 0.25) is 5.91 Å². The van der Waals surface area contributed by atoms with Crippen LogP contribution in [0.5, 0.6) is 0 Å². The zero-order valence-corrected chi connectivity index (χ0v) is 21.0. The number of fused-ring (bicyclic) bond motifs is 1. The number of unbranched alkanes of at least 4 members (excludes halogenated alkanes) is 3. The van der Waals surface area contributed by atoms with Gasteiger partial charge in [-0.05, 0) is 69.4 Å². The predicted octanol–water partition coefficient (Wildman–Crippen LogP) is 6.27. The van der Waals surface area contributed by atoms with E-state index in [1.807, 2.05) is 62.1 Å². The van der Waals surface area contributed by atoms with Gasteiger partial charge in [0.1, 0.15) is 5.82 Å². The lowest BCUT2D eigenvalue weighted by atomic mass is 9.84. The van der Waals surface area contributed by atoms with Crippen LogP contribution in [0, 0.1) is 19.8 Å². The van der Waals surface area contributed by atoms with Crippen LogP contribution in [0.4, 0.5) is 0 Å². The van der Waals surface area contributed by atoms with E-state index in [-0.39, 0.29) is 23.4 Å². The van der Waals surface area contributed by atoms with Gasteiger partial charge in [-0.1, -0.05) is 56.9 Å². The number of rotatable bonds is 9. The van der Waals surface area contributed by atoms with Crippen LogP contribution in [0.2, 0.25) is 0 Å². The minimum Gasteiger partial charge on any atom is -0.333 e. The second-order valence-corrected chi connectivity index (χ2v) is 9.81. The number of amides is 1. The van der Waals surface area contributed by atoms with Crippen LogP contribution in [0.15, 0.2) is 47.3 Å². The van der Waals surface area contributed by atoms with Crippen molar-refractivity contribution in [3.8, 4) is 5.69 Å². The van der Waals surface area contributed by atoms with Crippen molar-refractivity contribution in [3.63, 3.8) is 0 Å². The smallest absolute Gasteiger partial charge is 0.266 e. The fourth-order valence-electron chi connectivity index (χ4n) is 4.86. The topological polar surface area (TPSA) is 55.2 Å². The molecule has 1 fully saturated rings. The van der Waals surface area contributed by atoms with Crippen LogP contribution in [0.1, 0.15) is 81.8 Å². The molecule has 0 aliphatic heterocycles. The van der Waals surface area contributed by atoms with Crippen molar-refractivity contribution in [2.75, 3.05) is 6.54 Å². The van der Waals surface area contributed by atoms with Crippen LogP contribution in [-0.2, 0) is 4.79 Å². The molecule has 5 heteroatoms. The molecule has 0 bridgehead atoms. The average molecular weight is 460 g/mol. The highest BCUT2D eigenvalue weighted by Crippen LogP contribution is 2.32. The molecule has 180 valence electrons. The second-order valence-electron chi connectivity index (χ2n) is 9.81. The third-order valence-electron chi connectivity index (χ3n) is 7.24. The van der Waals surface area contributed by atoms with E-state index in [4.69, 9.17) is 4.98 Å². The fraction of sp³-hybridized carbons (Fsp3) is 0.483. The number of hydrogen-bond acceptors (Lipinski definition) is 3. The van der Waals surface area contributed by atoms with Crippen molar-refractivity contribution in [1.82, 2.24) is 14.5 Å². The van der Waals surface area contributed by atoms with Gasteiger partial charge in [0.15, 0.2) is 0 Å². The Hall–Kier alpha value is -2.95. The maximum absolute atomic E-state index is 13.8. The minimum absolute atomic E-state index is 0.0804. The highest BCUT2D eigenvalue weighted by molar-refractivity contribution is 5.81. The molecule has 1 amide bonds. The Labute approximate surface area is 202 Å². The van der Waals surface area contributed by atoms with Crippen molar-refractivity contribution in [3.05, 3.63) is 69.8 Å². The standard InChI is InChI=1S/C29H37N3O2/c1-5-6-7-10-18-31(28(33)23-12-11-13-23)22(4)27-30-25-15-9-8-14-24(25)29(34)32(27)26-19-20(2)16-17-21(26)3/h8-9,14-17,19,22-23H,5-7,10-13,18H2,1-4H3. The molecule has 1 saturated carbocycles. The summed E-state index contributed by atoms with van der Waals surface area (Å²) in [6, 6.07) is 13.4. The Morgan fingerprint density at radius 1 is 1.12 bits per heavy atom. The summed E-state index contributed by atoms with van der Waals surface area (Å²) >= 11 is 0. The molecule has 3 aromatic rings. The molecule has 1 atom stereocenters. The molecule has 0 saturated heterocycles. The molecular weight excluding hydrogens is 422 g/mol. The average Bonchev–Trinajstić information content (AvgIpc) is 2.79. The SMILES string of the molecule is CCCCCCN(C(=O)C1CCC1)C(C)c1nc2ccccc2c(=O)n1-c1cc(C)ccc1C. The number of carbonyl (C=O) groups is 1. The van der Waals surface area contributed by atoms with E-state index in [1.165, 1.54) is 6.42 Å². The van der Waals surface area contributed by atoms with Gasteiger partial charge in [0.25, 0.3) is 5.56 Å². The first-order valence-corrected chi connectivity index (χ1v) is 12.8. The number of benzene rings is 2. The largest absolute Gasteiger partial charge is 0.333 e. The van der Waals surface area contributed by atoms with Crippen LogP contribution >= 0.6 is 0 Å². The van der Waals surface area contributed by atoms with E-state index in [0.717, 1.165) is 55.3 Å². The van der Waals surface area contributed by atoms with Gasteiger partial charge >= 0.3 is 0 Å². The third-order valence-corrected chi connectivity index (χ3v) is 7.24. The Morgan fingerprint density at radius 2 is 1.88 bits per heavy atom. The molecule has 1 aliphatic carbocycles. The monoisotopic (exact) mass is 459 g/mol. The number of hydrogen-bond donors (Lipinski definition) is 0. The van der Waals surface area contributed by atoms with Gasteiger partial charge in [-0.2, -0.15) is 0 Å². The number of nitrogens with zero attached hydrogens (tertiary/aromatic N) is 3. The van der Waals surface area contributed by atoms with Crippen molar-refractivity contribution >= 4 is 16.8 Å². The molecular formula is C29H37N3O2. The summed E-state index contributed by atoms with van der Waals surface area (Å²) in [6.45, 7) is 8.99. The molecule has 5 nitrogen and oxygen atoms in total. The Kier molecular flexibility index (Phi) is 7.50. The molecule has 0 N–H and O–H groups in total. The van der Waals surface area contributed by atoms with Crippen molar-refractivity contribution in [2.24, 2.45) is 5.92 Å². The quantitative estimate of drug-likeness (QED) is 0.354. The number of aryl methyl sites for hydroxylation is 2. The van der Waals surface area contributed by atoms with Gasteiger partial charge in [0.05, 0.1) is 22.6 Å². The first kappa shape index (κ1) is 24.2. The zero-order chi connectivity index (χ0) is 24.2. The van der Waals surface area contributed by atoms with Gasteiger partial charge in [-0.3, -0.25) is 14.2 Å². The maximum atomic E-state index is 13.8. The van der Waals surface area contributed by atoms with Gasteiger partial charge in [0, 0.05) is 12.5 Å². The highest BCUT2D eigenvalue weighted by Gasteiger charge is 2.34. The number of para-hydroxylation sites is 1. The summed E-state index contributed by atoms with van der Waals surface area (Å²) in [6.07, 6.45) is 7.45. The van der Waals surface area contributed by atoms with E-state index in [2.05, 4.69) is 13.0 Å². The molecule has 4 rings (SSSR count). The normalized spacial score (nSPS) is 14.7. The maximum Gasteiger partial charge on any atom is 0.266 e. The van der Waals surface area contributed by atoms with Gasteiger partial charge in [-0.25, -0.2) is 4.98 Å². The van der Waals surface area contributed by atoms with Crippen LogP contribution in [0.25, 0.3) is 16.6 Å². The number of aromatic nitrogens is 2. The van der Waals surface area contributed by atoms with Crippen molar-refractivity contribution in [1.29, 1.82) is 0 Å². The molecule has 34 heavy (non-hydrogen) atoms. The first-order chi connectivity index (χ1) is 16.4. The zero-order valence-electron chi connectivity index (χ0n) is 21.0. The van der Waals surface area contributed by atoms with Crippen LogP contribution < -0.4 is 5.56 Å². The van der Waals surface area contributed by atoms with E-state index >= 15 is 0 Å². The number of carbonyl (C=O) groups excluding carboxylic acids is 1. The van der Waals surface area contributed by atoms with E-state index < -0.39 is 0 Å². The van der Waals surface area contributed by atoms with E-state index in [9.17, 15) is 9.59 Å². The molecule has 1 aromatic heterocycles. The third kappa shape index (κ3) is 4.79.